The number of rotatable bonds is 2. The van der Waals surface area contributed by atoms with E-state index in [-0.39, 0.29) is 5.60 Å². The highest BCUT2D eigenvalue weighted by molar-refractivity contribution is 7.99. The van der Waals surface area contributed by atoms with Crippen LogP contribution in [-0.2, 0) is 11.2 Å². The van der Waals surface area contributed by atoms with Crippen LogP contribution in [0.1, 0.15) is 44.3 Å². The number of hydrogen-bond donors (Lipinski definition) is 1. The van der Waals surface area contributed by atoms with Crippen molar-refractivity contribution in [2.24, 2.45) is 0 Å². The van der Waals surface area contributed by atoms with Gasteiger partial charge in [0.1, 0.15) is 0 Å². The van der Waals surface area contributed by atoms with Crippen LogP contribution in [0, 0.1) is 0 Å². The number of nitrogen functional groups attached to an aromatic ring is 1. The molecule has 0 bridgehead atoms. The molecule has 0 aromatic carbocycles. The predicted octanol–water partition coefficient (Wildman–Crippen LogP) is 2.04. The Morgan fingerprint density at radius 3 is 3.00 bits per heavy atom. The molecule has 5 nitrogen and oxygen atoms in total. The Morgan fingerprint density at radius 2 is 2.26 bits per heavy atom. The molecule has 106 valence electrons. The summed E-state index contributed by atoms with van der Waals surface area (Å²) in [6.45, 7) is 2.94. The van der Waals surface area contributed by atoms with Gasteiger partial charge in [-0.15, -0.1) is 5.10 Å². The number of aromatic nitrogens is 3. The second kappa shape index (κ2) is 5.32. The van der Waals surface area contributed by atoms with Gasteiger partial charge in [0.25, 0.3) is 0 Å². The van der Waals surface area contributed by atoms with Gasteiger partial charge in [-0.2, -0.15) is 11.8 Å². The van der Waals surface area contributed by atoms with Gasteiger partial charge in [0.2, 0.25) is 0 Å². The Hall–Kier alpha value is -0.750. The van der Waals surface area contributed by atoms with Gasteiger partial charge in [0.05, 0.1) is 17.3 Å². The molecule has 2 aliphatic rings. The number of nitrogens with two attached hydrogens (primary N) is 1. The summed E-state index contributed by atoms with van der Waals surface area (Å²) < 4.78 is 8.19. The molecule has 3 heterocycles. The van der Waals surface area contributed by atoms with Crippen molar-refractivity contribution >= 4 is 17.6 Å². The molecule has 1 unspecified atom stereocenters. The second-order valence-electron chi connectivity index (χ2n) is 5.51. The zero-order valence-corrected chi connectivity index (χ0v) is 12.3. The van der Waals surface area contributed by atoms with Crippen molar-refractivity contribution in [2.45, 2.75) is 50.7 Å². The molecule has 0 saturated carbocycles. The summed E-state index contributed by atoms with van der Waals surface area (Å²) >= 11 is 2.04. The third-order valence-corrected chi connectivity index (χ3v) is 5.36. The molecule has 6 heteroatoms. The maximum absolute atomic E-state index is 6.13. The maximum Gasteiger partial charge on any atom is 0.169 e. The zero-order valence-electron chi connectivity index (χ0n) is 11.5. The van der Waals surface area contributed by atoms with E-state index in [1.807, 2.05) is 11.8 Å². The molecule has 0 radical (unpaired) electrons. The van der Waals surface area contributed by atoms with E-state index in [0.717, 1.165) is 31.6 Å². The molecule has 3 rings (SSSR count). The summed E-state index contributed by atoms with van der Waals surface area (Å²) in [7, 11) is 0. The molecular formula is C13H22N4OS. The molecule has 0 aliphatic carbocycles. The molecule has 1 aromatic heterocycles. The van der Waals surface area contributed by atoms with Gasteiger partial charge in [-0.1, -0.05) is 12.1 Å². The largest absolute Gasteiger partial charge is 0.381 e. The Balaban J connectivity index is 1.81. The molecule has 2 fully saturated rings. The molecule has 1 atom stereocenters. The van der Waals surface area contributed by atoms with E-state index in [0.29, 0.717) is 11.9 Å². The van der Waals surface area contributed by atoms with E-state index < -0.39 is 0 Å². The highest BCUT2D eigenvalue weighted by atomic mass is 32.2. The third-order valence-electron chi connectivity index (χ3n) is 4.37. The van der Waals surface area contributed by atoms with E-state index in [4.69, 9.17) is 10.5 Å². The summed E-state index contributed by atoms with van der Waals surface area (Å²) in [6, 6.07) is 0.400. The number of nitrogens with zero attached hydrogens (tertiary/aromatic N) is 3. The lowest BCUT2D eigenvalue weighted by molar-refractivity contribution is -0.101. The van der Waals surface area contributed by atoms with Gasteiger partial charge in [-0.25, -0.2) is 4.68 Å². The van der Waals surface area contributed by atoms with Crippen molar-refractivity contribution in [2.75, 3.05) is 23.8 Å². The van der Waals surface area contributed by atoms with Gasteiger partial charge >= 0.3 is 0 Å². The van der Waals surface area contributed by atoms with E-state index in [2.05, 4.69) is 21.9 Å². The molecule has 2 aliphatic heterocycles. The first-order chi connectivity index (χ1) is 9.24. The van der Waals surface area contributed by atoms with Crippen molar-refractivity contribution < 1.29 is 4.74 Å². The third kappa shape index (κ3) is 2.48. The number of ether oxygens (including phenoxy) is 1. The first kappa shape index (κ1) is 13.2. The fourth-order valence-corrected chi connectivity index (χ4v) is 4.50. The van der Waals surface area contributed by atoms with Gasteiger partial charge < -0.3 is 10.5 Å². The van der Waals surface area contributed by atoms with E-state index >= 15 is 0 Å². The molecule has 1 aromatic rings. The van der Waals surface area contributed by atoms with Crippen molar-refractivity contribution in [1.82, 2.24) is 15.0 Å². The summed E-state index contributed by atoms with van der Waals surface area (Å²) in [6.07, 6.45) is 5.30. The van der Waals surface area contributed by atoms with Crippen LogP contribution >= 0.6 is 11.8 Å². The lowest BCUT2D eigenvalue weighted by atomic mass is 9.85. The van der Waals surface area contributed by atoms with Crippen molar-refractivity contribution in [3.05, 3.63) is 5.69 Å². The molecular weight excluding hydrogens is 260 g/mol. The van der Waals surface area contributed by atoms with Crippen LogP contribution in [0.2, 0.25) is 0 Å². The summed E-state index contributed by atoms with van der Waals surface area (Å²) in [5, 5.41) is 8.31. The predicted molar refractivity (Wildman–Crippen MR) is 77.3 cm³/mol. The van der Waals surface area contributed by atoms with Crippen LogP contribution < -0.4 is 5.73 Å². The summed E-state index contributed by atoms with van der Waals surface area (Å²) in [5.74, 6) is 3.02. The van der Waals surface area contributed by atoms with Gasteiger partial charge in [-0.3, -0.25) is 0 Å². The van der Waals surface area contributed by atoms with E-state index in [1.54, 1.807) is 0 Å². The lowest BCUT2D eigenvalue weighted by Gasteiger charge is -2.43. The Kier molecular flexibility index (Phi) is 3.71. The minimum atomic E-state index is 0.0832. The summed E-state index contributed by atoms with van der Waals surface area (Å²) in [5.41, 5.74) is 7.06. The average Bonchev–Trinajstić information content (AvgIpc) is 2.81. The lowest BCUT2D eigenvalue weighted by Crippen LogP contribution is -2.43. The van der Waals surface area contributed by atoms with Crippen molar-refractivity contribution in [1.29, 1.82) is 0 Å². The van der Waals surface area contributed by atoms with Crippen molar-refractivity contribution in [3.8, 4) is 0 Å². The maximum atomic E-state index is 6.13. The number of hydrogen-bond acceptors (Lipinski definition) is 5. The normalized spacial score (nSPS) is 26.7. The fourth-order valence-electron chi connectivity index (χ4n) is 3.26. The van der Waals surface area contributed by atoms with Gasteiger partial charge in [0.15, 0.2) is 5.82 Å². The quantitative estimate of drug-likeness (QED) is 0.899. The first-order valence-electron chi connectivity index (χ1n) is 7.15. The molecule has 2 saturated heterocycles. The minimum absolute atomic E-state index is 0.0832. The van der Waals surface area contributed by atoms with E-state index in [9.17, 15) is 0 Å². The van der Waals surface area contributed by atoms with Crippen LogP contribution in [0.5, 0.6) is 0 Å². The van der Waals surface area contributed by atoms with Gasteiger partial charge in [-0.05, 0) is 43.6 Å². The number of thioether (sulfide) groups is 1. The zero-order chi connectivity index (χ0) is 13.3. The SMILES string of the molecule is CCc1c(N)nnn1C1CCOC2(CCSCC2)C1. The van der Waals surface area contributed by atoms with Crippen LogP contribution in [0.3, 0.4) is 0 Å². The smallest absolute Gasteiger partial charge is 0.169 e. The van der Waals surface area contributed by atoms with Gasteiger partial charge in [0, 0.05) is 6.61 Å². The molecule has 2 N–H and O–H groups in total. The highest BCUT2D eigenvalue weighted by Crippen LogP contribution is 2.41. The highest BCUT2D eigenvalue weighted by Gasteiger charge is 2.40. The second-order valence-corrected chi connectivity index (χ2v) is 6.73. The molecule has 0 amide bonds. The average molecular weight is 282 g/mol. The van der Waals surface area contributed by atoms with E-state index in [1.165, 1.54) is 24.3 Å². The molecule has 19 heavy (non-hydrogen) atoms. The van der Waals surface area contributed by atoms with Crippen LogP contribution in [-0.4, -0.2) is 38.7 Å². The minimum Gasteiger partial charge on any atom is -0.381 e. The standard InChI is InChI=1S/C13H22N4OS/c1-2-11-12(14)15-16-17(11)10-3-6-18-13(9-10)4-7-19-8-5-13/h10H,2-9,14H2,1H3. The molecule has 1 spiro atoms. The van der Waals surface area contributed by atoms with Crippen molar-refractivity contribution in [3.63, 3.8) is 0 Å². The first-order valence-corrected chi connectivity index (χ1v) is 8.31. The Bertz CT molecular complexity index is 436. The topological polar surface area (TPSA) is 66.0 Å². The Labute approximate surface area is 118 Å². The fraction of sp³-hybridized carbons (Fsp3) is 0.846. The summed E-state index contributed by atoms with van der Waals surface area (Å²) in [4.78, 5) is 0. The monoisotopic (exact) mass is 282 g/mol. The van der Waals surface area contributed by atoms with Crippen LogP contribution in [0.25, 0.3) is 0 Å². The Morgan fingerprint density at radius 1 is 1.47 bits per heavy atom. The number of anilines is 1. The van der Waals surface area contributed by atoms with Crippen LogP contribution in [0.15, 0.2) is 0 Å². The van der Waals surface area contributed by atoms with Crippen LogP contribution in [0.4, 0.5) is 5.82 Å².